The van der Waals surface area contributed by atoms with Crippen molar-refractivity contribution in [3.05, 3.63) is 22.4 Å². The maximum absolute atomic E-state index is 10.1. The number of thiophene rings is 1. The Hall–Kier alpha value is -0.298. The smallest absolute Gasteiger partial charge is 0.477 e. The minimum absolute atomic E-state index is 0. The minimum Gasteiger partial charge on any atom is -0.477 e. The van der Waals surface area contributed by atoms with E-state index >= 15 is 0 Å². The van der Waals surface area contributed by atoms with E-state index in [2.05, 4.69) is 0 Å². The van der Waals surface area contributed by atoms with Crippen LogP contribution in [0.15, 0.2) is 17.5 Å². The van der Waals surface area contributed by atoms with Crippen LogP contribution in [0.1, 0.15) is 9.67 Å². The fourth-order valence-electron chi connectivity index (χ4n) is 0.400. The number of hydrogen-bond donors (Lipinski definition) is 1. The molecule has 4 heteroatoms. The van der Waals surface area contributed by atoms with Gasteiger partial charge in [0.25, 0.3) is 0 Å². The zero-order valence-corrected chi connectivity index (χ0v) is 6.54. The molecule has 0 aliphatic heterocycles. The Labute approximate surface area is 67.3 Å². The Morgan fingerprint density at radius 1 is 1.67 bits per heavy atom. The summed E-state index contributed by atoms with van der Waals surface area (Å²) in [7, 11) is 0. The largest absolute Gasteiger partial charge is 3.00 e. The van der Waals surface area contributed by atoms with Gasteiger partial charge >= 0.3 is 23.3 Å². The molecule has 2 nitrogen and oxygen atoms in total. The number of aromatic carboxylic acids is 1. The molecule has 0 aliphatic carbocycles. The molecule has 9 heavy (non-hydrogen) atoms. The Morgan fingerprint density at radius 3 is 2.56 bits per heavy atom. The van der Waals surface area contributed by atoms with Crippen LogP contribution < -0.4 is 0 Å². The van der Waals surface area contributed by atoms with Crippen molar-refractivity contribution in [3.8, 4) is 0 Å². The average molecular weight is 155 g/mol. The zero-order chi connectivity index (χ0) is 5.98. The molecule has 1 N–H and O–H groups in total. The SMILES string of the molecule is O=C(O)c1cccs1.[Al+3]. The van der Waals surface area contributed by atoms with E-state index in [1.165, 1.54) is 11.3 Å². The first-order valence-corrected chi connectivity index (χ1v) is 2.95. The second-order valence-electron chi connectivity index (χ2n) is 1.28. The second-order valence-corrected chi connectivity index (χ2v) is 2.23. The third kappa shape index (κ3) is 2.19. The standard InChI is InChI=1S/C5H4O2S.Al/c6-5(7)4-2-1-3-8-4;/h1-3H,(H,6,7);/q;+3. The van der Waals surface area contributed by atoms with E-state index in [1.54, 1.807) is 17.5 Å². The average Bonchev–Trinajstić information content (AvgIpc) is 2.12. The van der Waals surface area contributed by atoms with Crippen LogP contribution in [0.2, 0.25) is 0 Å². The Balaban J connectivity index is 0.000000640. The van der Waals surface area contributed by atoms with Gasteiger partial charge in [-0.2, -0.15) is 0 Å². The molecular weight excluding hydrogens is 151 g/mol. The van der Waals surface area contributed by atoms with E-state index in [1.807, 2.05) is 0 Å². The molecule has 0 saturated heterocycles. The summed E-state index contributed by atoms with van der Waals surface area (Å²) in [5, 5.41) is 10.0. The van der Waals surface area contributed by atoms with Crippen LogP contribution in [0.5, 0.6) is 0 Å². The first-order valence-electron chi connectivity index (χ1n) is 2.07. The first kappa shape index (κ1) is 8.70. The topological polar surface area (TPSA) is 37.3 Å². The maximum Gasteiger partial charge on any atom is 3.00 e. The quantitative estimate of drug-likeness (QED) is 0.616. The third-order valence-electron chi connectivity index (χ3n) is 0.732. The fraction of sp³-hybridized carbons (Fsp3) is 0. The summed E-state index contributed by atoms with van der Waals surface area (Å²) in [6, 6.07) is 3.29. The van der Waals surface area contributed by atoms with Gasteiger partial charge in [0, 0.05) is 0 Å². The Kier molecular flexibility index (Phi) is 3.55. The molecule has 0 fully saturated rings. The van der Waals surface area contributed by atoms with Gasteiger partial charge in [-0.25, -0.2) is 4.79 Å². The second kappa shape index (κ2) is 3.68. The van der Waals surface area contributed by atoms with Crippen LogP contribution in [0.3, 0.4) is 0 Å². The molecule has 0 amide bonds. The maximum atomic E-state index is 10.1. The van der Waals surface area contributed by atoms with Crippen LogP contribution in [-0.2, 0) is 0 Å². The van der Waals surface area contributed by atoms with Gasteiger partial charge in [0.1, 0.15) is 4.88 Å². The summed E-state index contributed by atoms with van der Waals surface area (Å²) in [4.78, 5) is 10.5. The predicted molar refractivity (Wildman–Crippen MR) is 37.0 cm³/mol. The summed E-state index contributed by atoms with van der Waals surface area (Å²) in [5.74, 6) is -0.847. The van der Waals surface area contributed by atoms with Crippen molar-refractivity contribution in [3.63, 3.8) is 0 Å². The van der Waals surface area contributed by atoms with Crippen molar-refractivity contribution in [2.45, 2.75) is 0 Å². The number of rotatable bonds is 1. The van der Waals surface area contributed by atoms with Crippen molar-refractivity contribution >= 4 is 34.7 Å². The summed E-state index contributed by atoms with van der Waals surface area (Å²) in [6.07, 6.45) is 0. The molecule has 42 valence electrons. The van der Waals surface area contributed by atoms with E-state index < -0.39 is 5.97 Å². The van der Waals surface area contributed by atoms with Crippen molar-refractivity contribution < 1.29 is 9.90 Å². The van der Waals surface area contributed by atoms with Crippen molar-refractivity contribution in [2.24, 2.45) is 0 Å². The molecule has 1 rings (SSSR count). The zero-order valence-electron chi connectivity index (χ0n) is 4.57. The van der Waals surface area contributed by atoms with Crippen molar-refractivity contribution in [2.75, 3.05) is 0 Å². The van der Waals surface area contributed by atoms with Gasteiger partial charge in [-0.15, -0.1) is 11.3 Å². The molecule has 1 heterocycles. The van der Waals surface area contributed by atoms with Crippen LogP contribution >= 0.6 is 11.3 Å². The van der Waals surface area contributed by atoms with Crippen LogP contribution in [0, 0.1) is 0 Å². The summed E-state index contributed by atoms with van der Waals surface area (Å²) >= 11 is 1.23. The fourth-order valence-corrected chi connectivity index (χ4v) is 0.962. The van der Waals surface area contributed by atoms with Gasteiger partial charge in [-0.1, -0.05) is 6.07 Å². The molecule has 0 unspecified atom stereocenters. The Morgan fingerprint density at radius 2 is 2.33 bits per heavy atom. The molecule has 0 spiro atoms. The van der Waals surface area contributed by atoms with E-state index in [-0.39, 0.29) is 17.4 Å². The van der Waals surface area contributed by atoms with Gasteiger partial charge < -0.3 is 5.11 Å². The number of carbonyl (C=O) groups is 1. The first-order chi connectivity index (χ1) is 3.80. The molecule has 0 atom stereocenters. The van der Waals surface area contributed by atoms with Crippen LogP contribution in [-0.4, -0.2) is 28.4 Å². The van der Waals surface area contributed by atoms with Crippen molar-refractivity contribution in [1.82, 2.24) is 0 Å². The molecule has 0 radical (unpaired) electrons. The van der Waals surface area contributed by atoms with Gasteiger partial charge in [0.2, 0.25) is 0 Å². The normalized spacial score (nSPS) is 8.00. The molecule has 0 aromatic carbocycles. The molecular formula is C5H4AlO2S+3. The number of hydrogen-bond acceptors (Lipinski definition) is 2. The van der Waals surface area contributed by atoms with Crippen molar-refractivity contribution in [1.29, 1.82) is 0 Å². The van der Waals surface area contributed by atoms with E-state index in [0.717, 1.165) is 0 Å². The number of carboxylic acid groups (broad SMARTS) is 1. The van der Waals surface area contributed by atoms with Gasteiger partial charge in [0.15, 0.2) is 0 Å². The van der Waals surface area contributed by atoms with Crippen LogP contribution in [0.25, 0.3) is 0 Å². The van der Waals surface area contributed by atoms with E-state index in [9.17, 15) is 4.79 Å². The van der Waals surface area contributed by atoms with Gasteiger partial charge in [-0.3, -0.25) is 0 Å². The summed E-state index contributed by atoms with van der Waals surface area (Å²) in [6.45, 7) is 0. The monoisotopic (exact) mass is 155 g/mol. The molecule has 0 aliphatic rings. The summed E-state index contributed by atoms with van der Waals surface area (Å²) < 4.78 is 0. The van der Waals surface area contributed by atoms with Crippen LogP contribution in [0.4, 0.5) is 0 Å². The van der Waals surface area contributed by atoms with E-state index in [4.69, 9.17) is 5.11 Å². The Bertz CT molecular complexity index is 183. The van der Waals surface area contributed by atoms with Gasteiger partial charge in [-0.05, 0) is 11.4 Å². The van der Waals surface area contributed by atoms with E-state index in [0.29, 0.717) is 4.88 Å². The number of carboxylic acids is 1. The summed E-state index contributed by atoms with van der Waals surface area (Å²) in [5.41, 5.74) is 0. The molecule has 0 saturated carbocycles. The predicted octanol–water partition coefficient (Wildman–Crippen LogP) is 1.07. The molecule has 0 bridgehead atoms. The molecule has 1 aromatic heterocycles. The van der Waals surface area contributed by atoms with Gasteiger partial charge in [0.05, 0.1) is 0 Å². The molecule has 1 aromatic rings. The third-order valence-corrected chi connectivity index (χ3v) is 1.59. The minimum atomic E-state index is -0.847.